The largest absolute Gasteiger partial charge is 0.573 e. The molecule has 2 aromatic rings. The number of rotatable bonds is 8. The molecule has 1 atom stereocenters. The van der Waals surface area contributed by atoms with Gasteiger partial charge in [-0.3, -0.25) is 4.79 Å². The summed E-state index contributed by atoms with van der Waals surface area (Å²) in [6, 6.07) is 16.0. The van der Waals surface area contributed by atoms with Crippen LogP contribution in [0.25, 0.3) is 0 Å². The number of hydrogen-bond acceptors (Lipinski definition) is 2. The third-order valence-electron chi connectivity index (χ3n) is 4.66. The van der Waals surface area contributed by atoms with Gasteiger partial charge in [0.2, 0.25) is 5.91 Å². The molecule has 0 bridgehead atoms. The molecule has 0 spiro atoms. The second-order valence-corrected chi connectivity index (χ2v) is 6.86. The van der Waals surface area contributed by atoms with Gasteiger partial charge in [-0.1, -0.05) is 48.5 Å². The van der Waals surface area contributed by atoms with Crippen LogP contribution in [0.2, 0.25) is 0 Å². The Bertz CT molecular complexity index is 758. The van der Waals surface area contributed by atoms with Crippen LogP contribution in [0, 0.1) is 5.92 Å². The number of amides is 1. The fourth-order valence-electron chi connectivity index (χ4n) is 3.16. The maximum atomic E-state index is 12.5. The van der Waals surface area contributed by atoms with E-state index in [4.69, 9.17) is 0 Å². The summed E-state index contributed by atoms with van der Waals surface area (Å²) in [6.45, 7) is 0. The molecular weight excluding hydrogens is 355 g/mol. The van der Waals surface area contributed by atoms with Crippen molar-refractivity contribution in [3.63, 3.8) is 0 Å². The minimum absolute atomic E-state index is 0.0709. The summed E-state index contributed by atoms with van der Waals surface area (Å²) in [4.78, 5) is 12.4. The first kappa shape index (κ1) is 19.3. The Labute approximate surface area is 156 Å². The summed E-state index contributed by atoms with van der Waals surface area (Å²) < 4.78 is 41.5. The number of nitrogens with one attached hydrogen (secondary N) is 1. The summed E-state index contributed by atoms with van der Waals surface area (Å²) >= 11 is 0. The van der Waals surface area contributed by atoms with E-state index in [1.165, 1.54) is 17.7 Å². The topological polar surface area (TPSA) is 38.3 Å². The molecule has 0 radical (unpaired) electrons. The molecule has 0 aromatic heterocycles. The summed E-state index contributed by atoms with van der Waals surface area (Å²) in [5, 5.41) is 3.06. The van der Waals surface area contributed by atoms with Gasteiger partial charge in [0.1, 0.15) is 5.75 Å². The van der Waals surface area contributed by atoms with Gasteiger partial charge >= 0.3 is 6.36 Å². The number of halogens is 3. The third-order valence-corrected chi connectivity index (χ3v) is 4.66. The van der Waals surface area contributed by atoms with Crippen LogP contribution in [-0.4, -0.2) is 18.3 Å². The molecule has 2 aromatic carbocycles. The quantitative estimate of drug-likeness (QED) is 0.727. The Morgan fingerprint density at radius 1 is 1.07 bits per heavy atom. The third kappa shape index (κ3) is 6.31. The SMILES string of the molecule is O=C(CCc1ccccc1OC(F)(F)F)NC(Cc1ccccc1)C1CC1. The molecule has 1 fully saturated rings. The first-order valence-corrected chi connectivity index (χ1v) is 9.07. The average Bonchev–Trinajstić information content (AvgIpc) is 3.45. The van der Waals surface area contributed by atoms with Crippen molar-refractivity contribution in [2.24, 2.45) is 5.92 Å². The second kappa shape index (κ2) is 8.46. The highest BCUT2D eigenvalue weighted by Crippen LogP contribution is 2.34. The molecule has 27 heavy (non-hydrogen) atoms. The zero-order chi connectivity index (χ0) is 19.3. The van der Waals surface area contributed by atoms with Gasteiger partial charge in [-0.05, 0) is 48.8 Å². The molecule has 1 N–H and O–H groups in total. The van der Waals surface area contributed by atoms with Gasteiger partial charge in [0, 0.05) is 12.5 Å². The Balaban J connectivity index is 1.56. The van der Waals surface area contributed by atoms with Crippen LogP contribution in [0.5, 0.6) is 5.75 Å². The second-order valence-electron chi connectivity index (χ2n) is 6.86. The van der Waals surface area contributed by atoms with Gasteiger partial charge in [-0.2, -0.15) is 0 Å². The van der Waals surface area contributed by atoms with E-state index < -0.39 is 6.36 Å². The number of para-hydroxylation sites is 1. The normalized spacial score (nSPS) is 15.2. The number of carbonyl (C=O) groups excluding carboxylic acids is 1. The number of alkyl halides is 3. The van der Waals surface area contributed by atoms with Crippen LogP contribution in [0.4, 0.5) is 13.2 Å². The first-order valence-electron chi connectivity index (χ1n) is 9.07. The van der Waals surface area contributed by atoms with Crippen LogP contribution in [-0.2, 0) is 17.6 Å². The predicted octanol–water partition coefficient (Wildman–Crippen LogP) is 4.66. The Kier molecular flexibility index (Phi) is 6.04. The van der Waals surface area contributed by atoms with Gasteiger partial charge in [0.25, 0.3) is 0 Å². The molecule has 0 heterocycles. The van der Waals surface area contributed by atoms with E-state index >= 15 is 0 Å². The van der Waals surface area contributed by atoms with Crippen molar-refractivity contribution < 1.29 is 22.7 Å². The van der Waals surface area contributed by atoms with Crippen molar-refractivity contribution in [1.29, 1.82) is 0 Å². The molecule has 6 heteroatoms. The van der Waals surface area contributed by atoms with Crippen LogP contribution in [0.15, 0.2) is 54.6 Å². The minimum atomic E-state index is -4.74. The van der Waals surface area contributed by atoms with Gasteiger partial charge in [0.05, 0.1) is 0 Å². The van der Waals surface area contributed by atoms with Crippen molar-refractivity contribution in [2.45, 2.75) is 44.5 Å². The van der Waals surface area contributed by atoms with Crippen LogP contribution in [0.1, 0.15) is 30.4 Å². The van der Waals surface area contributed by atoms with Crippen LogP contribution >= 0.6 is 0 Å². The van der Waals surface area contributed by atoms with E-state index in [9.17, 15) is 18.0 Å². The van der Waals surface area contributed by atoms with Crippen molar-refractivity contribution >= 4 is 5.91 Å². The molecule has 1 amide bonds. The maximum Gasteiger partial charge on any atom is 0.573 e. The molecule has 3 nitrogen and oxygen atoms in total. The predicted molar refractivity (Wildman–Crippen MR) is 96.2 cm³/mol. The fourth-order valence-corrected chi connectivity index (χ4v) is 3.16. The van der Waals surface area contributed by atoms with Gasteiger partial charge in [-0.15, -0.1) is 13.2 Å². The average molecular weight is 377 g/mol. The highest BCUT2D eigenvalue weighted by Gasteiger charge is 2.33. The van der Waals surface area contributed by atoms with E-state index in [-0.39, 0.29) is 30.5 Å². The number of aryl methyl sites for hydroxylation is 1. The van der Waals surface area contributed by atoms with E-state index in [0.29, 0.717) is 11.5 Å². The monoisotopic (exact) mass is 377 g/mol. The lowest BCUT2D eigenvalue weighted by molar-refractivity contribution is -0.274. The van der Waals surface area contributed by atoms with E-state index in [2.05, 4.69) is 10.1 Å². The number of hydrogen-bond donors (Lipinski definition) is 1. The fraction of sp³-hybridized carbons (Fsp3) is 0.381. The molecule has 1 saturated carbocycles. The first-order chi connectivity index (χ1) is 12.9. The molecule has 1 aliphatic carbocycles. The van der Waals surface area contributed by atoms with Crippen molar-refractivity contribution in [3.8, 4) is 5.75 Å². The Morgan fingerprint density at radius 3 is 2.41 bits per heavy atom. The molecule has 0 saturated heterocycles. The number of carbonyl (C=O) groups is 1. The molecule has 1 aliphatic rings. The molecular formula is C21H22F3NO2. The van der Waals surface area contributed by atoms with Crippen LogP contribution in [0.3, 0.4) is 0 Å². The lowest BCUT2D eigenvalue weighted by atomic mass is 10.0. The molecule has 3 rings (SSSR count). The smallest absolute Gasteiger partial charge is 0.406 e. The molecule has 1 unspecified atom stereocenters. The van der Waals surface area contributed by atoms with E-state index in [1.807, 2.05) is 30.3 Å². The summed E-state index contributed by atoms with van der Waals surface area (Å²) in [6.07, 6.45) is -1.47. The van der Waals surface area contributed by atoms with Crippen molar-refractivity contribution in [3.05, 3.63) is 65.7 Å². The maximum absolute atomic E-state index is 12.5. The van der Waals surface area contributed by atoms with Crippen LogP contribution < -0.4 is 10.1 Å². The number of benzene rings is 2. The Hall–Kier alpha value is -2.50. The zero-order valence-electron chi connectivity index (χ0n) is 14.8. The lowest BCUT2D eigenvalue weighted by Gasteiger charge is -2.19. The summed E-state index contributed by atoms with van der Waals surface area (Å²) in [5.41, 5.74) is 1.54. The standard InChI is InChI=1S/C21H22F3NO2/c22-21(23,24)27-19-9-5-4-8-17(19)12-13-20(26)25-18(16-10-11-16)14-15-6-2-1-3-7-15/h1-9,16,18H,10-14H2,(H,25,26). The summed E-state index contributed by atoms with van der Waals surface area (Å²) in [5.74, 6) is 0.0838. The molecule has 0 aliphatic heterocycles. The lowest BCUT2D eigenvalue weighted by Crippen LogP contribution is -2.38. The minimum Gasteiger partial charge on any atom is -0.406 e. The molecule has 144 valence electrons. The Morgan fingerprint density at radius 2 is 1.74 bits per heavy atom. The van der Waals surface area contributed by atoms with Gasteiger partial charge in [-0.25, -0.2) is 0 Å². The summed E-state index contributed by atoms with van der Waals surface area (Å²) in [7, 11) is 0. The zero-order valence-corrected chi connectivity index (χ0v) is 14.8. The van der Waals surface area contributed by atoms with Gasteiger partial charge in [0.15, 0.2) is 0 Å². The van der Waals surface area contributed by atoms with Crippen molar-refractivity contribution in [2.75, 3.05) is 0 Å². The van der Waals surface area contributed by atoms with E-state index in [0.717, 1.165) is 19.3 Å². The number of ether oxygens (including phenoxy) is 1. The van der Waals surface area contributed by atoms with Crippen molar-refractivity contribution in [1.82, 2.24) is 5.32 Å². The van der Waals surface area contributed by atoms with E-state index in [1.54, 1.807) is 12.1 Å². The highest BCUT2D eigenvalue weighted by molar-refractivity contribution is 5.76. The highest BCUT2D eigenvalue weighted by atomic mass is 19.4. The van der Waals surface area contributed by atoms with Gasteiger partial charge < -0.3 is 10.1 Å².